The molecule has 0 unspecified atom stereocenters. The Kier molecular flexibility index (Phi) is 6.16. The highest BCUT2D eigenvalue weighted by atomic mass is 32.2. The van der Waals surface area contributed by atoms with Crippen LogP contribution in [0.3, 0.4) is 0 Å². The van der Waals surface area contributed by atoms with Gasteiger partial charge >= 0.3 is 0 Å². The van der Waals surface area contributed by atoms with E-state index in [0.29, 0.717) is 0 Å². The lowest BCUT2D eigenvalue weighted by Gasteiger charge is -2.11. The lowest BCUT2D eigenvalue weighted by Crippen LogP contribution is -2.35. The van der Waals surface area contributed by atoms with Gasteiger partial charge in [-0.3, -0.25) is 4.79 Å². The van der Waals surface area contributed by atoms with Crippen LogP contribution in [0.4, 0.5) is 0 Å². The second-order valence-electron chi connectivity index (χ2n) is 4.84. The molecule has 0 aliphatic carbocycles. The molecule has 6 heteroatoms. The van der Waals surface area contributed by atoms with Gasteiger partial charge in [0.2, 0.25) is 15.9 Å². The third kappa shape index (κ3) is 5.30. The number of aryl methyl sites for hydroxylation is 1. The molecule has 0 aliphatic heterocycles. The van der Waals surface area contributed by atoms with E-state index in [0.717, 1.165) is 12.0 Å². The van der Waals surface area contributed by atoms with Gasteiger partial charge in [0.25, 0.3) is 0 Å². The molecule has 0 spiro atoms. The average Bonchev–Trinajstić information content (AvgIpc) is 2.38. The number of carbonyl (C=O) groups is 1. The van der Waals surface area contributed by atoms with Gasteiger partial charge in [-0.15, -0.1) is 0 Å². The number of amides is 1. The predicted octanol–water partition coefficient (Wildman–Crippen LogP) is 1.58. The summed E-state index contributed by atoms with van der Waals surface area (Å²) in [5.41, 5.74) is 0.997. The zero-order valence-corrected chi connectivity index (χ0v) is 13.0. The normalized spacial score (nSPS) is 12.9. The standard InChI is InChI=1S/C14H22N2O3S/c1-4-12(3)16-14(17)9-10-15-20(18,19)13-7-5-11(2)6-8-13/h5-8,12,15H,4,9-10H2,1-3H3,(H,16,17)/t12-/m0/s1. The molecule has 0 saturated heterocycles. The van der Waals surface area contributed by atoms with E-state index in [1.54, 1.807) is 24.3 Å². The smallest absolute Gasteiger partial charge is 0.240 e. The van der Waals surface area contributed by atoms with E-state index in [-0.39, 0.29) is 29.8 Å². The lowest BCUT2D eigenvalue weighted by atomic mass is 10.2. The SMILES string of the molecule is CC[C@H](C)NC(=O)CCNS(=O)(=O)c1ccc(C)cc1. The summed E-state index contributed by atoms with van der Waals surface area (Å²) < 4.78 is 26.3. The van der Waals surface area contributed by atoms with E-state index >= 15 is 0 Å². The molecular weight excluding hydrogens is 276 g/mol. The van der Waals surface area contributed by atoms with Gasteiger partial charge in [0.1, 0.15) is 0 Å². The summed E-state index contributed by atoms with van der Waals surface area (Å²) in [4.78, 5) is 11.7. The molecule has 1 amide bonds. The van der Waals surface area contributed by atoms with Crippen molar-refractivity contribution in [2.75, 3.05) is 6.54 Å². The average molecular weight is 298 g/mol. The lowest BCUT2D eigenvalue weighted by molar-refractivity contribution is -0.121. The fourth-order valence-electron chi connectivity index (χ4n) is 1.55. The summed E-state index contributed by atoms with van der Waals surface area (Å²) in [7, 11) is -3.54. The van der Waals surface area contributed by atoms with Crippen LogP contribution in [0.5, 0.6) is 0 Å². The first-order chi connectivity index (χ1) is 9.35. The monoisotopic (exact) mass is 298 g/mol. The Bertz CT molecular complexity index is 538. The first kappa shape index (κ1) is 16.7. The number of hydrogen-bond acceptors (Lipinski definition) is 3. The van der Waals surface area contributed by atoms with E-state index in [9.17, 15) is 13.2 Å². The maximum absolute atomic E-state index is 12.0. The minimum Gasteiger partial charge on any atom is -0.354 e. The molecule has 1 aromatic carbocycles. The van der Waals surface area contributed by atoms with E-state index < -0.39 is 10.0 Å². The molecule has 0 saturated carbocycles. The van der Waals surface area contributed by atoms with Crippen LogP contribution in [0.2, 0.25) is 0 Å². The Morgan fingerprint density at radius 2 is 1.85 bits per heavy atom. The van der Waals surface area contributed by atoms with Crippen LogP contribution < -0.4 is 10.0 Å². The van der Waals surface area contributed by atoms with Gasteiger partial charge in [-0.2, -0.15) is 0 Å². The van der Waals surface area contributed by atoms with Crippen molar-refractivity contribution >= 4 is 15.9 Å². The van der Waals surface area contributed by atoms with Crippen molar-refractivity contribution in [2.45, 2.75) is 44.6 Å². The molecule has 0 heterocycles. The fraction of sp³-hybridized carbons (Fsp3) is 0.500. The minimum absolute atomic E-state index is 0.0957. The van der Waals surface area contributed by atoms with Crippen LogP contribution in [0.15, 0.2) is 29.2 Å². The molecule has 1 atom stereocenters. The Hall–Kier alpha value is -1.40. The largest absolute Gasteiger partial charge is 0.354 e. The molecule has 0 bridgehead atoms. The topological polar surface area (TPSA) is 75.3 Å². The van der Waals surface area contributed by atoms with Crippen LogP contribution >= 0.6 is 0 Å². The van der Waals surface area contributed by atoms with Gasteiger partial charge in [0.15, 0.2) is 0 Å². The molecular formula is C14H22N2O3S. The molecule has 0 aliphatic rings. The number of rotatable bonds is 7. The van der Waals surface area contributed by atoms with Crippen molar-refractivity contribution in [2.24, 2.45) is 0 Å². The van der Waals surface area contributed by atoms with Crippen molar-refractivity contribution in [1.29, 1.82) is 0 Å². The number of benzene rings is 1. The molecule has 1 rings (SSSR count). The third-order valence-electron chi connectivity index (χ3n) is 3.00. The van der Waals surface area contributed by atoms with Crippen molar-refractivity contribution in [3.8, 4) is 0 Å². The van der Waals surface area contributed by atoms with Crippen molar-refractivity contribution in [3.63, 3.8) is 0 Å². The summed E-state index contributed by atoms with van der Waals surface area (Å²) in [6, 6.07) is 6.69. The Balaban J connectivity index is 2.48. The first-order valence-corrected chi connectivity index (χ1v) is 8.19. The summed E-state index contributed by atoms with van der Waals surface area (Å²) in [5.74, 6) is -0.147. The minimum atomic E-state index is -3.54. The zero-order valence-electron chi connectivity index (χ0n) is 12.1. The van der Waals surface area contributed by atoms with Crippen LogP contribution in [0, 0.1) is 6.92 Å². The Labute approximate surface area is 120 Å². The quantitative estimate of drug-likeness (QED) is 0.802. The highest BCUT2D eigenvalue weighted by Gasteiger charge is 2.14. The number of nitrogens with one attached hydrogen (secondary N) is 2. The molecule has 0 radical (unpaired) electrons. The second kappa shape index (κ2) is 7.40. The van der Waals surface area contributed by atoms with Crippen molar-refractivity contribution in [3.05, 3.63) is 29.8 Å². The van der Waals surface area contributed by atoms with Crippen molar-refractivity contribution < 1.29 is 13.2 Å². The van der Waals surface area contributed by atoms with Gasteiger partial charge in [-0.25, -0.2) is 13.1 Å². The van der Waals surface area contributed by atoms with E-state index in [4.69, 9.17) is 0 Å². The molecule has 112 valence electrons. The van der Waals surface area contributed by atoms with Gasteiger partial charge in [-0.05, 0) is 32.4 Å². The number of carbonyl (C=O) groups excluding carboxylic acids is 1. The van der Waals surface area contributed by atoms with E-state index in [1.165, 1.54) is 0 Å². The Morgan fingerprint density at radius 3 is 2.40 bits per heavy atom. The zero-order chi connectivity index (χ0) is 15.2. The van der Waals surface area contributed by atoms with E-state index in [1.807, 2.05) is 20.8 Å². The number of hydrogen-bond donors (Lipinski definition) is 2. The van der Waals surface area contributed by atoms with Crippen LogP contribution in [-0.4, -0.2) is 26.9 Å². The molecule has 1 aromatic rings. The summed E-state index contributed by atoms with van der Waals surface area (Å²) in [5, 5.41) is 2.79. The van der Waals surface area contributed by atoms with Crippen LogP contribution in [0.1, 0.15) is 32.3 Å². The van der Waals surface area contributed by atoms with E-state index in [2.05, 4.69) is 10.0 Å². The molecule has 0 fully saturated rings. The fourth-order valence-corrected chi connectivity index (χ4v) is 2.58. The maximum Gasteiger partial charge on any atom is 0.240 e. The first-order valence-electron chi connectivity index (χ1n) is 6.71. The molecule has 2 N–H and O–H groups in total. The van der Waals surface area contributed by atoms with Gasteiger partial charge in [0, 0.05) is 19.0 Å². The predicted molar refractivity (Wildman–Crippen MR) is 78.9 cm³/mol. The van der Waals surface area contributed by atoms with Gasteiger partial charge in [0.05, 0.1) is 4.90 Å². The Morgan fingerprint density at radius 1 is 1.25 bits per heavy atom. The highest BCUT2D eigenvalue weighted by Crippen LogP contribution is 2.09. The van der Waals surface area contributed by atoms with Gasteiger partial charge in [-0.1, -0.05) is 24.6 Å². The highest BCUT2D eigenvalue weighted by molar-refractivity contribution is 7.89. The summed E-state index contributed by atoms with van der Waals surface area (Å²) >= 11 is 0. The molecule has 20 heavy (non-hydrogen) atoms. The maximum atomic E-state index is 12.0. The second-order valence-corrected chi connectivity index (χ2v) is 6.60. The third-order valence-corrected chi connectivity index (χ3v) is 4.47. The molecule has 0 aromatic heterocycles. The molecule has 5 nitrogen and oxygen atoms in total. The van der Waals surface area contributed by atoms with Gasteiger partial charge < -0.3 is 5.32 Å². The van der Waals surface area contributed by atoms with Crippen LogP contribution in [0.25, 0.3) is 0 Å². The summed E-state index contributed by atoms with van der Waals surface area (Å²) in [6.07, 6.45) is 0.982. The number of sulfonamides is 1. The van der Waals surface area contributed by atoms with Crippen molar-refractivity contribution in [1.82, 2.24) is 10.0 Å². The van der Waals surface area contributed by atoms with Crippen LogP contribution in [-0.2, 0) is 14.8 Å². The summed E-state index contributed by atoms with van der Waals surface area (Å²) in [6.45, 7) is 5.88.